The van der Waals surface area contributed by atoms with E-state index in [2.05, 4.69) is 10.0 Å². The Bertz CT molecular complexity index is 556. The lowest BCUT2D eigenvalue weighted by Gasteiger charge is -2.16. The minimum absolute atomic E-state index is 0.0121. The van der Waals surface area contributed by atoms with Gasteiger partial charge in [0.1, 0.15) is 0 Å². The van der Waals surface area contributed by atoms with E-state index < -0.39 is 28.8 Å². The highest BCUT2D eigenvalue weighted by atomic mass is 32.2. The van der Waals surface area contributed by atoms with Crippen molar-refractivity contribution in [1.29, 1.82) is 0 Å². The van der Waals surface area contributed by atoms with E-state index >= 15 is 0 Å². The van der Waals surface area contributed by atoms with Crippen LogP contribution in [-0.2, 0) is 10.0 Å². The lowest BCUT2D eigenvalue weighted by Crippen LogP contribution is -2.35. The van der Waals surface area contributed by atoms with Crippen molar-refractivity contribution in [3.63, 3.8) is 0 Å². The number of aliphatic hydroxyl groups is 1. The molecule has 1 atom stereocenters. The van der Waals surface area contributed by atoms with E-state index in [1.165, 1.54) is 24.3 Å². The van der Waals surface area contributed by atoms with E-state index in [0.717, 1.165) is 0 Å². The van der Waals surface area contributed by atoms with Gasteiger partial charge in [-0.25, -0.2) is 13.1 Å². The Labute approximate surface area is 121 Å². The van der Waals surface area contributed by atoms with E-state index in [1.54, 1.807) is 13.8 Å². The lowest BCUT2D eigenvalue weighted by molar-refractivity contribution is -0.198. The van der Waals surface area contributed by atoms with E-state index in [0.29, 0.717) is 0 Å². The zero-order chi connectivity index (χ0) is 16.3. The third-order valence-electron chi connectivity index (χ3n) is 2.43. The summed E-state index contributed by atoms with van der Waals surface area (Å²) in [5, 5.41) is 11.2. The Balaban J connectivity index is 2.71. The number of aliphatic hydroxyl groups excluding tert-OH is 1. The van der Waals surface area contributed by atoms with Crippen molar-refractivity contribution in [2.75, 3.05) is 11.9 Å². The maximum atomic E-state index is 12.1. The zero-order valence-electron chi connectivity index (χ0n) is 11.5. The monoisotopic (exact) mass is 326 g/mol. The maximum Gasteiger partial charge on any atom is 0.416 e. The summed E-state index contributed by atoms with van der Waals surface area (Å²) in [7, 11) is -3.64. The number of alkyl halides is 3. The standard InChI is InChI=1S/C12H17F3N2O3S/c1-8(2)17-21(19,20)10-5-3-9(4-6-10)16-7-11(18)12(13,14)15/h3-6,8,11,16-18H,7H2,1-2H3. The number of rotatable bonds is 6. The van der Waals surface area contributed by atoms with Crippen LogP contribution < -0.4 is 10.0 Å². The van der Waals surface area contributed by atoms with Gasteiger partial charge in [-0.05, 0) is 38.1 Å². The van der Waals surface area contributed by atoms with Crippen molar-refractivity contribution >= 4 is 15.7 Å². The number of hydrogen-bond donors (Lipinski definition) is 3. The largest absolute Gasteiger partial charge is 0.416 e. The molecule has 0 aliphatic heterocycles. The van der Waals surface area contributed by atoms with Gasteiger partial charge in [0.15, 0.2) is 6.10 Å². The summed E-state index contributed by atoms with van der Waals surface area (Å²) in [5.74, 6) is 0. The van der Waals surface area contributed by atoms with Crippen molar-refractivity contribution in [2.24, 2.45) is 0 Å². The number of benzene rings is 1. The van der Waals surface area contributed by atoms with Crippen molar-refractivity contribution in [3.8, 4) is 0 Å². The molecule has 0 saturated carbocycles. The molecule has 0 radical (unpaired) electrons. The van der Waals surface area contributed by atoms with E-state index in [4.69, 9.17) is 5.11 Å². The fraction of sp³-hybridized carbons (Fsp3) is 0.500. The average molecular weight is 326 g/mol. The van der Waals surface area contributed by atoms with E-state index in [1.807, 2.05) is 0 Å². The van der Waals surface area contributed by atoms with Crippen molar-refractivity contribution in [1.82, 2.24) is 4.72 Å². The van der Waals surface area contributed by atoms with Gasteiger partial charge < -0.3 is 10.4 Å². The molecule has 120 valence electrons. The van der Waals surface area contributed by atoms with Crippen molar-refractivity contribution in [2.45, 2.75) is 37.1 Å². The normalized spacial score (nSPS) is 14.2. The van der Waals surface area contributed by atoms with Gasteiger partial charge in [-0.3, -0.25) is 0 Å². The number of nitrogens with one attached hydrogen (secondary N) is 2. The summed E-state index contributed by atoms with van der Waals surface area (Å²) in [5.41, 5.74) is 0.279. The second-order valence-corrected chi connectivity index (χ2v) is 6.45. The van der Waals surface area contributed by atoms with Crippen LogP contribution in [0.4, 0.5) is 18.9 Å². The van der Waals surface area contributed by atoms with E-state index in [-0.39, 0.29) is 16.6 Å². The lowest BCUT2D eigenvalue weighted by atomic mass is 10.3. The molecule has 0 amide bonds. The van der Waals surface area contributed by atoms with Gasteiger partial charge in [-0.1, -0.05) is 0 Å². The van der Waals surface area contributed by atoms with Gasteiger partial charge >= 0.3 is 6.18 Å². The second-order valence-electron chi connectivity index (χ2n) is 4.74. The highest BCUT2D eigenvalue weighted by Gasteiger charge is 2.37. The molecule has 1 aromatic carbocycles. The zero-order valence-corrected chi connectivity index (χ0v) is 12.3. The minimum atomic E-state index is -4.70. The molecule has 0 spiro atoms. The Morgan fingerprint density at radius 3 is 2.14 bits per heavy atom. The molecule has 0 fully saturated rings. The summed E-state index contributed by atoms with van der Waals surface area (Å²) in [4.78, 5) is 0.0121. The van der Waals surface area contributed by atoms with Crippen LogP contribution in [0.1, 0.15) is 13.8 Å². The highest BCUT2D eigenvalue weighted by molar-refractivity contribution is 7.89. The Morgan fingerprint density at radius 1 is 1.19 bits per heavy atom. The topological polar surface area (TPSA) is 78.4 Å². The van der Waals surface area contributed by atoms with Gasteiger partial charge in [-0.15, -0.1) is 0 Å². The number of anilines is 1. The molecule has 1 rings (SSSR count). The smallest absolute Gasteiger partial charge is 0.382 e. The van der Waals surface area contributed by atoms with Gasteiger partial charge in [0.05, 0.1) is 4.90 Å². The maximum absolute atomic E-state index is 12.1. The summed E-state index contributed by atoms with van der Waals surface area (Å²) < 4.78 is 62.4. The van der Waals surface area contributed by atoms with Crippen LogP contribution in [0.25, 0.3) is 0 Å². The van der Waals surface area contributed by atoms with Crippen LogP contribution in [0.3, 0.4) is 0 Å². The molecule has 0 aromatic heterocycles. The first-order valence-corrected chi connectivity index (χ1v) is 7.62. The molecule has 0 aliphatic carbocycles. The molecule has 1 unspecified atom stereocenters. The average Bonchev–Trinajstić information content (AvgIpc) is 2.33. The van der Waals surface area contributed by atoms with Crippen LogP contribution in [0.5, 0.6) is 0 Å². The van der Waals surface area contributed by atoms with Crippen molar-refractivity contribution in [3.05, 3.63) is 24.3 Å². The molecular formula is C12H17F3N2O3S. The van der Waals surface area contributed by atoms with Crippen LogP contribution in [0.15, 0.2) is 29.2 Å². The van der Waals surface area contributed by atoms with Crippen LogP contribution in [0.2, 0.25) is 0 Å². The summed E-state index contributed by atoms with van der Waals surface area (Å²) in [6, 6.07) is 4.94. The fourth-order valence-corrected chi connectivity index (χ4v) is 2.71. The van der Waals surface area contributed by atoms with Gasteiger partial charge in [0.2, 0.25) is 10.0 Å². The third-order valence-corrected chi connectivity index (χ3v) is 4.11. The molecular weight excluding hydrogens is 309 g/mol. The molecule has 3 N–H and O–H groups in total. The molecule has 0 saturated heterocycles. The predicted octanol–water partition coefficient (Wildman–Crippen LogP) is 1.71. The number of sulfonamides is 1. The van der Waals surface area contributed by atoms with Crippen LogP contribution in [-0.4, -0.2) is 38.4 Å². The molecule has 0 bridgehead atoms. The SMILES string of the molecule is CC(C)NS(=O)(=O)c1ccc(NCC(O)C(F)(F)F)cc1. The van der Waals surface area contributed by atoms with Crippen LogP contribution >= 0.6 is 0 Å². The summed E-state index contributed by atoms with van der Waals surface area (Å²) >= 11 is 0. The van der Waals surface area contributed by atoms with Gasteiger partial charge in [-0.2, -0.15) is 13.2 Å². The van der Waals surface area contributed by atoms with Crippen molar-refractivity contribution < 1.29 is 26.7 Å². The Kier molecular flexibility index (Phi) is 5.60. The molecule has 21 heavy (non-hydrogen) atoms. The summed E-state index contributed by atoms with van der Waals surface area (Å²) in [6.07, 6.45) is -7.18. The Morgan fingerprint density at radius 2 is 1.71 bits per heavy atom. The minimum Gasteiger partial charge on any atom is -0.382 e. The quantitative estimate of drug-likeness (QED) is 0.744. The first-order chi connectivity index (χ1) is 9.52. The Hall–Kier alpha value is -1.32. The molecule has 9 heteroatoms. The molecule has 5 nitrogen and oxygen atoms in total. The van der Waals surface area contributed by atoms with Gasteiger partial charge in [0.25, 0.3) is 0 Å². The van der Waals surface area contributed by atoms with E-state index in [9.17, 15) is 21.6 Å². The number of hydrogen-bond acceptors (Lipinski definition) is 4. The first kappa shape index (κ1) is 17.7. The summed E-state index contributed by atoms with van der Waals surface area (Å²) in [6.45, 7) is 2.64. The predicted molar refractivity (Wildman–Crippen MR) is 72.5 cm³/mol. The molecule has 1 aromatic rings. The van der Waals surface area contributed by atoms with Crippen LogP contribution in [0, 0.1) is 0 Å². The third kappa shape index (κ3) is 5.52. The second kappa shape index (κ2) is 6.63. The van der Waals surface area contributed by atoms with Gasteiger partial charge in [0, 0.05) is 18.3 Å². The highest BCUT2D eigenvalue weighted by Crippen LogP contribution is 2.21. The first-order valence-electron chi connectivity index (χ1n) is 6.13. The fourth-order valence-electron chi connectivity index (χ4n) is 1.46. The number of halogens is 3. The molecule has 0 aliphatic rings. The molecule has 0 heterocycles.